The zero-order valence-corrected chi connectivity index (χ0v) is 38.3. The Morgan fingerprint density at radius 1 is 0.370 bits per heavy atom. The van der Waals surface area contributed by atoms with Crippen LogP contribution in [0.3, 0.4) is 0 Å². The Balaban J connectivity index is 3.18. The number of benzene rings is 3. The van der Waals surface area contributed by atoms with E-state index in [0.717, 1.165) is 66.9 Å². The Morgan fingerprint density at radius 2 is 0.574 bits per heavy atom. The summed E-state index contributed by atoms with van der Waals surface area (Å²) in [5, 5.41) is 36.3. The van der Waals surface area contributed by atoms with Crippen LogP contribution >= 0.6 is 0 Å². The number of aliphatic hydroxyl groups is 3. The smallest absolute Gasteiger partial charge is 0.172 e. The number of aryl methyl sites for hydroxylation is 3. The summed E-state index contributed by atoms with van der Waals surface area (Å²) in [6.45, 7) is 45.0. The number of ether oxygens (including phenoxy) is 1. The van der Waals surface area contributed by atoms with E-state index in [4.69, 9.17) is 4.74 Å². The third-order valence-electron chi connectivity index (χ3n) is 11.3. The van der Waals surface area contributed by atoms with Gasteiger partial charge in [-0.25, -0.2) is 0 Å². The Bertz CT molecular complexity index is 1620. The first-order chi connectivity index (χ1) is 24.1. The molecule has 3 N–H and O–H groups in total. The lowest BCUT2D eigenvalue weighted by molar-refractivity contribution is -0.125. The minimum atomic E-state index is -1.61. The monoisotopic (exact) mass is 743 g/mol. The molecule has 0 aliphatic rings. The molecule has 3 aromatic rings. The Hall–Kier alpha value is -2.66. The largest absolute Gasteiger partial charge is 0.476 e. The van der Waals surface area contributed by atoms with Crippen LogP contribution in [0, 0.1) is 26.2 Å². The summed E-state index contributed by atoms with van der Waals surface area (Å²) >= 11 is 0. The lowest BCUT2D eigenvalue weighted by atomic mass is 9.56. The quantitative estimate of drug-likeness (QED) is 0.215. The summed E-state index contributed by atoms with van der Waals surface area (Å²) < 4.78 is 8.33. The number of aliphatic hydroxyl groups excluding tert-OH is 3. The van der Waals surface area contributed by atoms with E-state index in [1.54, 1.807) is 0 Å². The van der Waals surface area contributed by atoms with Crippen LogP contribution < -0.4 is 4.74 Å². The van der Waals surface area contributed by atoms with Gasteiger partial charge in [0.15, 0.2) is 5.60 Å². The van der Waals surface area contributed by atoms with Gasteiger partial charge in [0.25, 0.3) is 0 Å². The van der Waals surface area contributed by atoms with Gasteiger partial charge in [-0.3, -0.25) is 0 Å². The van der Waals surface area contributed by atoms with Gasteiger partial charge in [0.1, 0.15) is 5.75 Å². The molecule has 0 fully saturated rings. The highest BCUT2D eigenvalue weighted by molar-refractivity contribution is 5.62. The molecule has 54 heavy (non-hydrogen) atoms. The molecular formula is C50H78O4. The van der Waals surface area contributed by atoms with Crippen molar-refractivity contribution in [3.8, 4) is 5.75 Å². The molecule has 0 aromatic heterocycles. The van der Waals surface area contributed by atoms with E-state index < -0.39 is 52.5 Å². The molecule has 302 valence electrons. The van der Waals surface area contributed by atoms with Gasteiger partial charge in [-0.15, -0.1) is 0 Å². The summed E-state index contributed by atoms with van der Waals surface area (Å²) in [5.41, 5.74) is 6.06. The van der Waals surface area contributed by atoms with Crippen LogP contribution in [0.5, 0.6) is 5.75 Å². The summed E-state index contributed by atoms with van der Waals surface area (Å²) in [6.07, 6.45) is 0. The second kappa shape index (κ2) is 14.7. The van der Waals surface area contributed by atoms with Gasteiger partial charge in [-0.2, -0.15) is 0 Å². The number of hydrogen-bond donors (Lipinski definition) is 3. The maximum absolute atomic E-state index is 12.1. The van der Waals surface area contributed by atoms with Crippen molar-refractivity contribution in [3.05, 3.63) is 97.6 Å². The van der Waals surface area contributed by atoms with Crippen molar-refractivity contribution < 1.29 is 20.1 Å². The zero-order valence-electron chi connectivity index (χ0n) is 38.3. The molecule has 0 radical (unpaired) electrons. The van der Waals surface area contributed by atoms with Crippen molar-refractivity contribution >= 4 is 0 Å². The van der Waals surface area contributed by atoms with E-state index >= 15 is 0 Å². The highest BCUT2D eigenvalue weighted by atomic mass is 16.5. The maximum Gasteiger partial charge on any atom is 0.172 e. The first-order valence-corrected chi connectivity index (χ1v) is 20.1. The van der Waals surface area contributed by atoms with Crippen LogP contribution in [0.2, 0.25) is 0 Å². The SMILES string of the molecule is Cc1cc(C(C)(C)C)c(OC(c2c(C(C)(C)C)cc(C)cc2C(C)(C)C)(c2c(C(C)(C)C)cc(C)cc2C(C)(C)C)C(CO)(CO)CO)c(C(C)(C)C)c1. The molecule has 0 saturated heterocycles. The summed E-state index contributed by atoms with van der Waals surface area (Å²) in [6, 6.07) is 13.6. The minimum Gasteiger partial charge on any atom is -0.476 e. The highest BCUT2D eigenvalue weighted by Crippen LogP contribution is 2.59. The van der Waals surface area contributed by atoms with Gasteiger partial charge in [0, 0.05) is 22.3 Å². The molecule has 3 aromatic carbocycles. The molecule has 0 saturated carbocycles. The standard InChI is InChI=1S/C50H78O4/c1-31-22-34(43(4,5)6)40(35(23-31)44(7,8)9)50(49(28-51,29-52)30-53,41-36(45(10,11)12)24-32(2)25-37(41)46(13,14)15)54-42-38(47(16,17)18)26-33(3)27-39(42)48(19,20)21/h22-27,51-53H,28-30H2,1-21H3. The third kappa shape index (κ3) is 8.52. The Morgan fingerprint density at radius 3 is 0.759 bits per heavy atom. The van der Waals surface area contributed by atoms with E-state index in [0.29, 0.717) is 0 Å². The average Bonchev–Trinajstić information content (AvgIpc) is 2.98. The summed E-state index contributed by atoms with van der Waals surface area (Å²) in [5.74, 6) is 0.737. The molecule has 0 unspecified atom stereocenters. The molecule has 4 nitrogen and oxygen atoms in total. The normalized spacial score (nSPS) is 14.1. The van der Waals surface area contributed by atoms with Crippen LogP contribution in [0.25, 0.3) is 0 Å². The Kier molecular flexibility index (Phi) is 12.4. The molecule has 4 heteroatoms. The van der Waals surface area contributed by atoms with Crippen LogP contribution in [0.4, 0.5) is 0 Å². The summed E-state index contributed by atoms with van der Waals surface area (Å²) in [4.78, 5) is 0. The van der Waals surface area contributed by atoms with Crippen molar-refractivity contribution in [3.63, 3.8) is 0 Å². The van der Waals surface area contributed by atoms with Crippen molar-refractivity contribution in [2.24, 2.45) is 5.41 Å². The fourth-order valence-electron chi connectivity index (χ4n) is 8.20. The predicted octanol–water partition coefficient (Wildman–Crippen LogP) is 11.7. The van der Waals surface area contributed by atoms with Crippen molar-refractivity contribution in [1.82, 2.24) is 0 Å². The van der Waals surface area contributed by atoms with Gasteiger partial charge in [-0.1, -0.05) is 178 Å². The molecule has 0 heterocycles. The molecule has 0 spiro atoms. The first-order valence-electron chi connectivity index (χ1n) is 20.1. The summed E-state index contributed by atoms with van der Waals surface area (Å²) in [7, 11) is 0. The molecule has 0 aliphatic carbocycles. The fourth-order valence-corrected chi connectivity index (χ4v) is 8.20. The maximum atomic E-state index is 12.1. The van der Waals surface area contributed by atoms with E-state index in [1.807, 2.05) is 0 Å². The van der Waals surface area contributed by atoms with Gasteiger partial charge in [-0.05, 0) is 75.5 Å². The van der Waals surface area contributed by atoms with Crippen molar-refractivity contribution in [1.29, 1.82) is 0 Å². The molecule has 0 aliphatic heterocycles. The van der Waals surface area contributed by atoms with Gasteiger partial charge in [0.2, 0.25) is 0 Å². The third-order valence-corrected chi connectivity index (χ3v) is 11.3. The Labute approximate surface area is 331 Å². The molecule has 0 amide bonds. The van der Waals surface area contributed by atoms with Gasteiger partial charge in [0.05, 0.1) is 25.2 Å². The minimum absolute atomic E-state index is 0.340. The van der Waals surface area contributed by atoms with Gasteiger partial charge >= 0.3 is 0 Å². The highest BCUT2D eigenvalue weighted by Gasteiger charge is 2.61. The molecular weight excluding hydrogens is 665 g/mol. The van der Waals surface area contributed by atoms with Gasteiger partial charge < -0.3 is 20.1 Å². The topological polar surface area (TPSA) is 69.9 Å². The van der Waals surface area contributed by atoms with E-state index in [1.165, 1.54) is 0 Å². The molecule has 0 atom stereocenters. The van der Waals surface area contributed by atoms with Crippen LogP contribution in [-0.2, 0) is 38.1 Å². The van der Waals surface area contributed by atoms with Crippen LogP contribution in [0.15, 0.2) is 36.4 Å². The number of rotatable bonds is 8. The molecule has 0 bridgehead atoms. The van der Waals surface area contributed by atoms with Crippen LogP contribution in [-0.4, -0.2) is 35.1 Å². The molecule has 3 rings (SSSR count). The van der Waals surface area contributed by atoms with E-state index in [9.17, 15) is 15.3 Å². The van der Waals surface area contributed by atoms with E-state index in [-0.39, 0.29) is 10.8 Å². The zero-order chi connectivity index (χ0) is 42.0. The predicted molar refractivity (Wildman–Crippen MR) is 231 cm³/mol. The second-order valence-corrected chi connectivity index (χ2v) is 22.7. The lowest BCUT2D eigenvalue weighted by Gasteiger charge is -2.55. The first kappa shape index (κ1) is 45.7. The van der Waals surface area contributed by atoms with Crippen LogP contribution in [0.1, 0.15) is 186 Å². The second-order valence-electron chi connectivity index (χ2n) is 22.7. The van der Waals surface area contributed by atoms with Crippen molar-refractivity contribution in [2.75, 3.05) is 19.8 Å². The lowest BCUT2D eigenvalue weighted by Crippen LogP contribution is -2.60. The van der Waals surface area contributed by atoms with E-state index in [2.05, 4.69) is 182 Å². The average molecular weight is 743 g/mol. The number of hydrogen-bond acceptors (Lipinski definition) is 4. The fraction of sp³-hybridized carbons (Fsp3) is 0.640. The van der Waals surface area contributed by atoms with Crippen molar-refractivity contribution in [2.45, 2.75) is 183 Å².